The number of nitrogens with zero attached hydrogens (tertiary/aromatic N) is 3. The highest BCUT2D eigenvalue weighted by Crippen LogP contribution is 2.23. The minimum atomic E-state index is -0.489. The second kappa shape index (κ2) is 8.02. The number of amides is 1. The van der Waals surface area contributed by atoms with Crippen molar-refractivity contribution in [3.05, 3.63) is 92.8 Å². The number of fused-ring (bicyclic) bond motifs is 1. The van der Waals surface area contributed by atoms with Crippen LogP contribution < -0.4 is 16.6 Å². The van der Waals surface area contributed by atoms with Gasteiger partial charge in [0.1, 0.15) is 5.39 Å². The molecule has 0 saturated carbocycles. The molecule has 0 aliphatic rings. The number of hydrogen-bond donors (Lipinski definition) is 1. The second-order valence-corrected chi connectivity index (χ2v) is 7.51. The van der Waals surface area contributed by atoms with Crippen LogP contribution in [0.3, 0.4) is 0 Å². The van der Waals surface area contributed by atoms with Gasteiger partial charge in [-0.2, -0.15) is 0 Å². The molecule has 7 nitrogen and oxygen atoms in total. The number of aryl methyl sites for hydroxylation is 2. The zero-order chi connectivity index (χ0) is 22.1. The molecule has 4 rings (SSSR count). The number of rotatable bonds is 4. The summed E-state index contributed by atoms with van der Waals surface area (Å²) < 4.78 is 2.32. The molecule has 0 aliphatic carbocycles. The summed E-state index contributed by atoms with van der Waals surface area (Å²) in [6.45, 7) is 1.77. The fourth-order valence-corrected chi connectivity index (χ4v) is 3.60. The molecule has 0 spiro atoms. The molecule has 1 amide bonds. The number of nitrogens with one attached hydrogen (secondary N) is 1. The first kappa shape index (κ1) is 20.3. The Bertz CT molecular complexity index is 1400. The number of anilines is 1. The first-order valence-electron chi connectivity index (χ1n) is 9.86. The molecule has 0 atom stereocenters. The molecule has 0 unspecified atom stereocenters. The van der Waals surface area contributed by atoms with Crippen molar-refractivity contribution in [2.24, 2.45) is 14.1 Å². The number of aromatic nitrogens is 3. The summed E-state index contributed by atoms with van der Waals surface area (Å²) in [6, 6.07) is 17.8. The lowest BCUT2D eigenvalue weighted by atomic mass is 10.0. The number of carbonyl (C=O) groups is 1. The fourth-order valence-electron chi connectivity index (χ4n) is 3.60. The Labute approximate surface area is 178 Å². The predicted octanol–water partition coefficient (Wildman–Crippen LogP) is 2.79. The number of carbonyl (C=O) groups excluding carboxylic acids is 1. The summed E-state index contributed by atoms with van der Waals surface area (Å²) in [5.74, 6) is -0.251. The molecule has 4 aromatic rings. The first-order valence-corrected chi connectivity index (χ1v) is 9.86. The van der Waals surface area contributed by atoms with Crippen LogP contribution in [-0.2, 0) is 25.3 Å². The van der Waals surface area contributed by atoms with Gasteiger partial charge in [-0.3, -0.25) is 18.7 Å². The van der Waals surface area contributed by atoms with Crippen LogP contribution in [0.5, 0.6) is 0 Å². The quantitative estimate of drug-likeness (QED) is 0.556. The van der Waals surface area contributed by atoms with Gasteiger partial charge < -0.3 is 5.32 Å². The van der Waals surface area contributed by atoms with Gasteiger partial charge in [0.25, 0.3) is 5.56 Å². The van der Waals surface area contributed by atoms with Crippen LogP contribution in [0, 0.1) is 6.92 Å². The van der Waals surface area contributed by atoms with Crippen LogP contribution in [0.2, 0.25) is 0 Å². The lowest BCUT2D eigenvalue weighted by Crippen LogP contribution is -2.38. The largest absolute Gasteiger partial charge is 0.332 e. The van der Waals surface area contributed by atoms with E-state index in [2.05, 4.69) is 10.3 Å². The molecule has 2 heterocycles. The van der Waals surface area contributed by atoms with Gasteiger partial charge in [0.05, 0.1) is 12.1 Å². The van der Waals surface area contributed by atoms with Gasteiger partial charge in [-0.15, -0.1) is 0 Å². The van der Waals surface area contributed by atoms with Crippen molar-refractivity contribution in [1.82, 2.24) is 14.1 Å². The predicted molar refractivity (Wildman–Crippen MR) is 121 cm³/mol. The highest BCUT2D eigenvalue weighted by molar-refractivity contribution is 6.01. The molecule has 0 radical (unpaired) electrons. The molecule has 2 aromatic heterocycles. The normalized spacial score (nSPS) is 10.9. The van der Waals surface area contributed by atoms with Crippen molar-refractivity contribution in [2.75, 3.05) is 5.32 Å². The molecular weight excluding hydrogens is 392 g/mol. The molecule has 1 N–H and O–H groups in total. The van der Waals surface area contributed by atoms with E-state index in [-0.39, 0.29) is 23.4 Å². The SMILES string of the molecule is Cc1cnc2c(c1NC(=O)Cc1ccc(-c3ccccc3)cc1)c(=O)n(C)c(=O)n2C. The van der Waals surface area contributed by atoms with Gasteiger partial charge in [-0.25, -0.2) is 9.78 Å². The third kappa shape index (κ3) is 3.77. The Hall–Kier alpha value is -4.00. The van der Waals surface area contributed by atoms with E-state index in [1.165, 1.54) is 11.6 Å². The number of pyridine rings is 1. The van der Waals surface area contributed by atoms with Crippen LogP contribution in [0.15, 0.2) is 70.4 Å². The van der Waals surface area contributed by atoms with Crippen molar-refractivity contribution >= 4 is 22.6 Å². The minimum absolute atomic E-state index is 0.157. The van der Waals surface area contributed by atoms with Crippen molar-refractivity contribution in [3.63, 3.8) is 0 Å². The van der Waals surface area contributed by atoms with E-state index in [0.29, 0.717) is 11.3 Å². The van der Waals surface area contributed by atoms with Crippen LogP contribution in [0.25, 0.3) is 22.2 Å². The average Bonchev–Trinajstić information content (AvgIpc) is 2.78. The first-order chi connectivity index (χ1) is 14.9. The molecule has 0 aliphatic heterocycles. The van der Waals surface area contributed by atoms with Gasteiger partial charge in [-0.05, 0) is 29.2 Å². The minimum Gasteiger partial charge on any atom is -0.325 e. The summed E-state index contributed by atoms with van der Waals surface area (Å²) in [6.07, 6.45) is 1.70. The zero-order valence-corrected chi connectivity index (χ0v) is 17.5. The maximum absolute atomic E-state index is 12.8. The summed E-state index contributed by atoms with van der Waals surface area (Å²) in [7, 11) is 2.96. The number of benzene rings is 2. The van der Waals surface area contributed by atoms with Crippen LogP contribution >= 0.6 is 0 Å². The molecule has 0 bridgehead atoms. The van der Waals surface area contributed by atoms with Gasteiger partial charge in [0, 0.05) is 20.3 Å². The van der Waals surface area contributed by atoms with E-state index in [4.69, 9.17) is 0 Å². The van der Waals surface area contributed by atoms with Crippen molar-refractivity contribution in [2.45, 2.75) is 13.3 Å². The molecule has 31 heavy (non-hydrogen) atoms. The highest BCUT2D eigenvalue weighted by atomic mass is 16.2. The van der Waals surface area contributed by atoms with Crippen molar-refractivity contribution in [1.29, 1.82) is 0 Å². The topological polar surface area (TPSA) is 86.0 Å². The summed E-state index contributed by atoms with van der Waals surface area (Å²) in [4.78, 5) is 41.9. The molecule has 7 heteroatoms. The molecule has 0 fully saturated rings. The molecular formula is C24H22N4O3. The monoisotopic (exact) mass is 414 g/mol. The Balaban J connectivity index is 1.63. The Morgan fingerprint density at radius 3 is 2.26 bits per heavy atom. The van der Waals surface area contributed by atoms with Gasteiger partial charge >= 0.3 is 5.69 Å². The zero-order valence-electron chi connectivity index (χ0n) is 17.5. The van der Waals surface area contributed by atoms with E-state index >= 15 is 0 Å². The summed E-state index contributed by atoms with van der Waals surface area (Å²) >= 11 is 0. The summed E-state index contributed by atoms with van der Waals surface area (Å²) in [5.41, 5.74) is 3.35. The van der Waals surface area contributed by atoms with Crippen LogP contribution in [-0.4, -0.2) is 20.0 Å². The summed E-state index contributed by atoms with van der Waals surface area (Å²) in [5, 5.41) is 3.07. The van der Waals surface area contributed by atoms with E-state index in [9.17, 15) is 14.4 Å². The van der Waals surface area contributed by atoms with E-state index < -0.39 is 11.2 Å². The Morgan fingerprint density at radius 1 is 0.935 bits per heavy atom. The Morgan fingerprint density at radius 2 is 1.58 bits per heavy atom. The average molecular weight is 414 g/mol. The van der Waals surface area contributed by atoms with Gasteiger partial charge in [-0.1, -0.05) is 54.6 Å². The molecule has 2 aromatic carbocycles. The van der Waals surface area contributed by atoms with Gasteiger partial charge in [0.2, 0.25) is 5.91 Å². The Kier molecular flexibility index (Phi) is 5.25. The molecule has 156 valence electrons. The van der Waals surface area contributed by atoms with E-state index in [0.717, 1.165) is 21.3 Å². The fraction of sp³-hybridized carbons (Fsp3) is 0.167. The van der Waals surface area contributed by atoms with Crippen molar-refractivity contribution < 1.29 is 4.79 Å². The maximum atomic E-state index is 12.8. The standard InChI is InChI=1S/C24H22N4O3/c1-15-14-25-22-20(23(30)28(3)24(31)27(22)2)21(15)26-19(29)13-16-9-11-18(12-10-16)17-7-5-4-6-8-17/h4-12,14H,13H2,1-3H3,(H,25,26,29). The second-order valence-electron chi connectivity index (χ2n) is 7.51. The van der Waals surface area contributed by atoms with E-state index in [1.54, 1.807) is 20.2 Å². The smallest absolute Gasteiger partial charge is 0.325 e. The number of hydrogen-bond acceptors (Lipinski definition) is 4. The third-order valence-corrected chi connectivity index (χ3v) is 5.35. The highest BCUT2D eigenvalue weighted by Gasteiger charge is 2.17. The molecule has 0 saturated heterocycles. The van der Waals surface area contributed by atoms with Crippen molar-refractivity contribution in [3.8, 4) is 11.1 Å². The van der Waals surface area contributed by atoms with E-state index in [1.807, 2.05) is 54.6 Å². The lowest BCUT2D eigenvalue weighted by Gasteiger charge is -2.14. The lowest BCUT2D eigenvalue weighted by molar-refractivity contribution is -0.115. The maximum Gasteiger partial charge on any atom is 0.332 e. The van der Waals surface area contributed by atoms with Crippen LogP contribution in [0.4, 0.5) is 5.69 Å². The van der Waals surface area contributed by atoms with Gasteiger partial charge in [0.15, 0.2) is 5.65 Å². The third-order valence-electron chi connectivity index (χ3n) is 5.35. The van der Waals surface area contributed by atoms with Crippen LogP contribution in [0.1, 0.15) is 11.1 Å².